The van der Waals surface area contributed by atoms with Crippen molar-refractivity contribution in [3.8, 4) is 0 Å². The van der Waals surface area contributed by atoms with Crippen LogP contribution in [0.5, 0.6) is 0 Å². The van der Waals surface area contributed by atoms with E-state index in [0.717, 1.165) is 6.42 Å². The first-order valence-electron chi connectivity index (χ1n) is 5.52. The first-order valence-corrected chi connectivity index (χ1v) is 5.52. The Labute approximate surface area is 101 Å². The van der Waals surface area contributed by atoms with Crippen LogP contribution < -0.4 is 5.32 Å². The van der Waals surface area contributed by atoms with Gasteiger partial charge < -0.3 is 10.1 Å². The van der Waals surface area contributed by atoms with Gasteiger partial charge in [0.25, 0.3) is 0 Å². The largest absolute Gasteiger partial charge is 0.449 e. The van der Waals surface area contributed by atoms with E-state index in [9.17, 15) is 9.59 Å². The summed E-state index contributed by atoms with van der Waals surface area (Å²) in [5, 5.41) is 2.27. The zero-order valence-electron chi connectivity index (χ0n) is 9.81. The van der Waals surface area contributed by atoms with Crippen LogP contribution in [0.3, 0.4) is 0 Å². The van der Waals surface area contributed by atoms with Crippen molar-refractivity contribution in [2.75, 3.05) is 13.2 Å². The minimum absolute atomic E-state index is 0.133. The topological polar surface area (TPSA) is 55.4 Å². The van der Waals surface area contributed by atoms with Crippen LogP contribution in [-0.2, 0) is 16.0 Å². The van der Waals surface area contributed by atoms with Gasteiger partial charge in [-0.2, -0.15) is 0 Å². The minimum Gasteiger partial charge on any atom is -0.449 e. The molecule has 1 amide bonds. The van der Waals surface area contributed by atoms with E-state index in [0.29, 0.717) is 6.61 Å². The lowest BCUT2D eigenvalue weighted by Gasteiger charge is -2.12. The number of rotatable bonds is 6. The van der Waals surface area contributed by atoms with Gasteiger partial charge in [0.05, 0.1) is 13.2 Å². The molecular weight excluding hydrogens is 218 g/mol. The van der Waals surface area contributed by atoms with Gasteiger partial charge in [0, 0.05) is 0 Å². The Balaban J connectivity index is 2.23. The standard InChI is InChI=1S/C13H16NO3/c1-11(9-12-5-3-2-4-6-12)10-17-13(16)14-7-8-15/h2-6,11H,7,9-10H2,1H3,(H,14,16). The fraction of sp³-hybridized carbons (Fsp3) is 0.385. The molecule has 1 radical (unpaired) electrons. The van der Waals surface area contributed by atoms with E-state index < -0.39 is 6.09 Å². The van der Waals surface area contributed by atoms with Gasteiger partial charge in [-0.25, -0.2) is 4.79 Å². The molecule has 0 aliphatic carbocycles. The number of carbonyl (C=O) groups excluding carboxylic acids is 2. The Morgan fingerprint density at radius 1 is 1.41 bits per heavy atom. The van der Waals surface area contributed by atoms with E-state index in [2.05, 4.69) is 5.32 Å². The Kier molecular flexibility index (Phi) is 5.79. The molecular formula is C13H16NO3. The summed E-state index contributed by atoms with van der Waals surface area (Å²) in [6, 6.07) is 10.0. The van der Waals surface area contributed by atoms with Crippen molar-refractivity contribution < 1.29 is 14.3 Å². The molecule has 17 heavy (non-hydrogen) atoms. The number of amides is 1. The van der Waals surface area contributed by atoms with Gasteiger partial charge in [-0.15, -0.1) is 0 Å². The van der Waals surface area contributed by atoms with E-state index in [4.69, 9.17) is 4.74 Å². The van der Waals surface area contributed by atoms with Gasteiger partial charge in [-0.05, 0) is 17.9 Å². The third kappa shape index (κ3) is 5.70. The van der Waals surface area contributed by atoms with E-state index in [1.807, 2.05) is 37.3 Å². The van der Waals surface area contributed by atoms with Crippen molar-refractivity contribution in [3.63, 3.8) is 0 Å². The quantitative estimate of drug-likeness (QED) is 0.815. The lowest BCUT2D eigenvalue weighted by Crippen LogP contribution is -2.27. The number of alkyl carbamates (subject to hydrolysis) is 1. The molecule has 1 aromatic carbocycles. The van der Waals surface area contributed by atoms with Crippen LogP contribution in [-0.4, -0.2) is 25.5 Å². The van der Waals surface area contributed by atoms with Crippen LogP contribution in [0.4, 0.5) is 4.79 Å². The summed E-state index contributed by atoms with van der Waals surface area (Å²) >= 11 is 0. The monoisotopic (exact) mass is 234 g/mol. The molecule has 0 aromatic heterocycles. The van der Waals surface area contributed by atoms with Gasteiger partial charge >= 0.3 is 6.09 Å². The molecule has 1 unspecified atom stereocenters. The zero-order chi connectivity index (χ0) is 12.5. The maximum atomic E-state index is 11.0. The highest BCUT2D eigenvalue weighted by atomic mass is 16.5. The normalized spacial score (nSPS) is 11.6. The summed E-state index contributed by atoms with van der Waals surface area (Å²) in [6.45, 7) is 2.21. The van der Waals surface area contributed by atoms with Crippen LogP contribution in [0, 0.1) is 5.92 Å². The second kappa shape index (κ2) is 7.44. The lowest BCUT2D eigenvalue weighted by molar-refractivity contribution is 0.131. The maximum Gasteiger partial charge on any atom is 0.407 e. The summed E-state index contributed by atoms with van der Waals surface area (Å²) < 4.78 is 4.95. The highest BCUT2D eigenvalue weighted by molar-refractivity contribution is 5.70. The number of ether oxygens (including phenoxy) is 1. The lowest BCUT2D eigenvalue weighted by atomic mass is 10.0. The molecule has 1 N–H and O–H groups in total. The fourth-order valence-corrected chi connectivity index (χ4v) is 1.45. The highest BCUT2D eigenvalue weighted by Crippen LogP contribution is 2.08. The van der Waals surface area contributed by atoms with Crippen molar-refractivity contribution in [2.24, 2.45) is 5.92 Å². The Bertz CT molecular complexity index is 351. The molecule has 0 saturated carbocycles. The Hall–Kier alpha value is -1.84. The molecule has 0 bridgehead atoms. The van der Waals surface area contributed by atoms with Crippen molar-refractivity contribution in [1.82, 2.24) is 5.32 Å². The van der Waals surface area contributed by atoms with Crippen molar-refractivity contribution in [1.29, 1.82) is 0 Å². The molecule has 4 nitrogen and oxygen atoms in total. The van der Waals surface area contributed by atoms with E-state index in [1.54, 1.807) is 6.29 Å². The predicted octanol–water partition coefficient (Wildman–Crippen LogP) is 1.70. The van der Waals surface area contributed by atoms with Crippen molar-refractivity contribution in [2.45, 2.75) is 13.3 Å². The van der Waals surface area contributed by atoms with Crippen molar-refractivity contribution in [3.05, 3.63) is 35.9 Å². The number of carbonyl (C=O) groups is 1. The minimum atomic E-state index is -0.576. The third-order valence-corrected chi connectivity index (χ3v) is 2.23. The maximum absolute atomic E-state index is 11.0. The van der Waals surface area contributed by atoms with Gasteiger partial charge in [0.2, 0.25) is 6.29 Å². The summed E-state index contributed by atoms with van der Waals surface area (Å²) in [4.78, 5) is 20.9. The summed E-state index contributed by atoms with van der Waals surface area (Å²) in [7, 11) is 0. The van der Waals surface area contributed by atoms with Gasteiger partial charge in [-0.1, -0.05) is 37.3 Å². The van der Waals surface area contributed by atoms with Gasteiger partial charge in [-0.3, -0.25) is 4.79 Å². The Morgan fingerprint density at radius 3 is 2.76 bits per heavy atom. The van der Waals surface area contributed by atoms with Gasteiger partial charge in [0.15, 0.2) is 0 Å². The second-order valence-corrected chi connectivity index (χ2v) is 3.89. The van der Waals surface area contributed by atoms with Crippen LogP contribution >= 0.6 is 0 Å². The fourth-order valence-electron chi connectivity index (χ4n) is 1.45. The molecule has 1 aromatic rings. The smallest absolute Gasteiger partial charge is 0.407 e. The van der Waals surface area contributed by atoms with E-state index in [1.165, 1.54) is 5.56 Å². The molecule has 4 heteroatoms. The van der Waals surface area contributed by atoms with Crippen LogP contribution in [0.1, 0.15) is 12.5 Å². The third-order valence-electron chi connectivity index (χ3n) is 2.23. The molecule has 0 aliphatic rings. The number of benzene rings is 1. The Morgan fingerprint density at radius 2 is 2.12 bits per heavy atom. The summed E-state index contributed by atoms with van der Waals surface area (Å²) in [5.41, 5.74) is 1.21. The molecule has 1 atom stereocenters. The van der Waals surface area contributed by atoms with Crippen molar-refractivity contribution >= 4 is 12.4 Å². The van der Waals surface area contributed by atoms with E-state index in [-0.39, 0.29) is 12.5 Å². The first kappa shape index (κ1) is 13.2. The van der Waals surface area contributed by atoms with Crippen LogP contribution in [0.15, 0.2) is 30.3 Å². The molecule has 0 fully saturated rings. The number of hydrogen-bond donors (Lipinski definition) is 1. The highest BCUT2D eigenvalue weighted by Gasteiger charge is 2.07. The van der Waals surface area contributed by atoms with Crippen LogP contribution in [0.25, 0.3) is 0 Å². The average Bonchev–Trinajstić information content (AvgIpc) is 2.35. The summed E-state index contributed by atoms with van der Waals surface area (Å²) in [6.07, 6.45) is 1.84. The predicted molar refractivity (Wildman–Crippen MR) is 64.4 cm³/mol. The molecule has 0 spiro atoms. The van der Waals surface area contributed by atoms with Crippen LogP contribution in [0.2, 0.25) is 0 Å². The number of hydrogen-bond acceptors (Lipinski definition) is 3. The molecule has 0 heterocycles. The zero-order valence-corrected chi connectivity index (χ0v) is 9.81. The molecule has 0 aliphatic heterocycles. The molecule has 1 rings (SSSR count). The molecule has 0 saturated heterocycles. The first-order chi connectivity index (χ1) is 8.22. The second-order valence-electron chi connectivity index (χ2n) is 3.89. The average molecular weight is 234 g/mol. The van der Waals surface area contributed by atoms with E-state index >= 15 is 0 Å². The van der Waals surface area contributed by atoms with Gasteiger partial charge in [0.1, 0.15) is 0 Å². The SMILES string of the molecule is CC(COC(=O)NC[C]=O)Cc1ccccc1. The summed E-state index contributed by atoms with van der Waals surface area (Å²) in [5.74, 6) is 0.239. The number of nitrogens with one attached hydrogen (secondary N) is 1. The molecule has 91 valence electrons.